The minimum absolute atomic E-state index is 0.165. The molecule has 1 aliphatic heterocycles. The standard InChI is InChI=1S/C14H22N6O/c1-5-20-10(3)12(9(2)17-20)14-16-13(18-21-14)11-8-15-6-7-19(11)4/h11,15H,5-8H2,1-4H3. The van der Waals surface area contributed by atoms with Crippen LogP contribution in [0.25, 0.3) is 11.5 Å². The first-order valence-electron chi connectivity index (χ1n) is 7.40. The van der Waals surface area contributed by atoms with E-state index in [-0.39, 0.29) is 6.04 Å². The second-order valence-electron chi connectivity index (χ2n) is 5.52. The van der Waals surface area contributed by atoms with E-state index >= 15 is 0 Å². The Labute approximate surface area is 124 Å². The molecule has 3 heterocycles. The number of likely N-dealkylation sites (N-methyl/N-ethyl adjacent to an activating group) is 1. The van der Waals surface area contributed by atoms with Crippen molar-refractivity contribution in [1.82, 2.24) is 30.1 Å². The van der Waals surface area contributed by atoms with Crippen LogP contribution in [0.2, 0.25) is 0 Å². The fourth-order valence-electron chi connectivity index (χ4n) is 2.88. The maximum absolute atomic E-state index is 5.50. The van der Waals surface area contributed by atoms with Crippen LogP contribution in [0.1, 0.15) is 30.2 Å². The van der Waals surface area contributed by atoms with Gasteiger partial charge in [0, 0.05) is 31.9 Å². The summed E-state index contributed by atoms with van der Waals surface area (Å²) in [5.74, 6) is 1.31. The average Bonchev–Trinajstić information content (AvgIpc) is 3.04. The summed E-state index contributed by atoms with van der Waals surface area (Å²) in [6.07, 6.45) is 0. The lowest BCUT2D eigenvalue weighted by Crippen LogP contribution is -2.44. The Balaban J connectivity index is 1.93. The molecule has 2 aromatic heterocycles. The molecule has 0 amide bonds. The van der Waals surface area contributed by atoms with Crippen molar-refractivity contribution >= 4 is 0 Å². The van der Waals surface area contributed by atoms with Crippen LogP contribution < -0.4 is 5.32 Å². The van der Waals surface area contributed by atoms with E-state index < -0.39 is 0 Å². The Morgan fingerprint density at radius 2 is 2.19 bits per heavy atom. The van der Waals surface area contributed by atoms with E-state index in [0.717, 1.165) is 49.0 Å². The summed E-state index contributed by atoms with van der Waals surface area (Å²) in [5, 5.41) is 12.1. The molecule has 0 bridgehead atoms. The van der Waals surface area contributed by atoms with Gasteiger partial charge in [-0.05, 0) is 27.8 Å². The molecule has 114 valence electrons. The van der Waals surface area contributed by atoms with Crippen molar-refractivity contribution in [2.24, 2.45) is 0 Å². The van der Waals surface area contributed by atoms with Crippen LogP contribution in [0, 0.1) is 13.8 Å². The van der Waals surface area contributed by atoms with Crippen LogP contribution in [0.3, 0.4) is 0 Å². The van der Waals surface area contributed by atoms with E-state index in [2.05, 4.69) is 39.4 Å². The molecule has 0 aliphatic carbocycles. The highest BCUT2D eigenvalue weighted by atomic mass is 16.5. The minimum Gasteiger partial charge on any atom is -0.334 e. The second kappa shape index (κ2) is 5.57. The van der Waals surface area contributed by atoms with E-state index in [4.69, 9.17) is 4.52 Å². The van der Waals surface area contributed by atoms with E-state index in [9.17, 15) is 0 Å². The van der Waals surface area contributed by atoms with Gasteiger partial charge in [-0.2, -0.15) is 10.1 Å². The number of aromatic nitrogens is 4. The molecule has 0 aromatic carbocycles. The summed E-state index contributed by atoms with van der Waals surface area (Å²) in [4.78, 5) is 6.86. The summed E-state index contributed by atoms with van der Waals surface area (Å²) >= 11 is 0. The van der Waals surface area contributed by atoms with E-state index in [0.29, 0.717) is 5.89 Å². The average molecular weight is 290 g/mol. The number of piperazine rings is 1. The molecule has 7 nitrogen and oxygen atoms in total. The highest BCUT2D eigenvalue weighted by Gasteiger charge is 2.27. The molecule has 3 rings (SSSR count). The number of nitrogens with one attached hydrogen (secondary N) is 1. The molecule has 0 spiro atoms. The molecule has 1 atom stereocenters. The van der Waals surface area contributed by atoms with Crippen LogP contribution >= 0.6 is 0 Å². The zero-order chi connectivity index (χ0) is 15.0. The van der Waals surface area contributed by atoms with Crippen molar-refractivity contribution in [3.05, 3.63) is 17.2 Å². The van der Waals surface area contributed by atoms with Crippen LogP contribution in [0.15, 0.2) is 4.52 Å². The summed E-state index contributed by atoms with van der Waals surface area (Å²) in [5.41, 5.74) is 2.96. The van der Waals surface area contributed by atoms with Gasteiger partial charge in [0.25, 0.3) is 5.89 Å². The molecule has 1 fully saturated rings. The third-order valence-corrected chi connectivity index (χ3v) is 4.15. The Morgan fingerprint density at radius 1 is 1.38 bits per heavy atom. The van der Waals surface area contributed by atoms with Gasteiger partial charge in [0.15, 0.2) is 5.82 Å². The lowest BCUT2D eigenvalue weighted by molar-refractivity contribution is 0.190. The van der Waals surface area contributed by atoms with Gasteiger partial charge in [0.1, 0.15) is 0 Å². The lowest BCUT2D eigenvalue weighted by Gasteiger charge is -2.30. The fourth-order valence-corrected chi connectivity index (χ4v) is 2.88. The third kappa shape index (κ3) is 2.47. The SMILES string of the molecule is CCn1nc(C)c(-c2nc(C3CNCCN3C)no2)c1C. The molecule has 1 N–H and O–H groups in total. The summed E-state index contributed by atoms with van der Waals surface area (Å²) < 4.78 is 7.46. The molecule has 7 heteroatoms. The van der Waals surface area contributed by atoms with Gasteiger partial charge in [0.2, 0.25) is 0 Å². The maximum Gasteiger partial charge on any atom is 0.261 e. The summed E-state index contributed by atoms with van der Waals surface area (Å²) in [6, 6.07) is 0.165. The van der Waals surface area contributed by atoms with Crippen LogP contribution in [0.4, 0.5) is 0 Å². The number of hydrogen-bond acceptors (Lipinski definition) is 6. The topological polar surface area (TPSA) is 72.0 Å². The Morgan fingerprint density at radius 3 is 2.86 bits per heavy atom. The van der Waals surface area contributed by atoms with Crippen molar-refractivity contribution in [3.8, 4) is 11.5 Å². The van der Waals surface area contributed by atoms with E-state index in [1.807, 2.05) is 18.5 Å². The van der Waals surface area contributed by atoms with Gasteiger partial charge < -0.3 is 9.84 Å². The summed E-state index contributed by atoms with van der Waals surface area (Å²) in [6.45, 7) is 9.76. The smallest absolute Gasteiger partial charge is 0.261 e. The van der Waals surface area contributed by atoms with Crippen LogP contribution in [0.5, 0.6) is 0 Å². The molecule has 1 aliphatic rings. The monoisotopic (exact) mass is 290 g/mol. The normalized spacial score (nSPS) is 20.1. The minimum atomic E-state index is 0.165. The zero-order valence-electron chi connectivity index (χ0n) is 13.1. The fraction of sp³-hybridized carbons (Fsp3) is 0.643. The largest absolute Gasteiger partial charge is 0.334 e. The van der Waals surface area contributed by atoms with Crippen LogP contribution in [-0.2, 0) is 6.54 Å². The number of hydrogen-bond donors (Lipinski definition) is 1. The summed E-state index contributed by atoms with van der Waals surface area (Å²) in [7, 11) is 2.09. The second-order valence-corrected chi connectivity index (χ2v) is 5.52. The van der Waals surface area contributed by atoms with E-state index in [1.54, 1.807) is 0 Å². The number of rotatable bonds is 3. The first kappa shape index (κ1) is 14.2. The Bertz CT molecular complexity index is 631. The van der Waals surface area contributed by atoms with Gasteiger partial charge in [-0.1, -0.05) is 5.16 Å². The Hall–Kier alpha value is -1.73. The van der Waals surface area contributed by atoms with E-state index in [1.165, 1.54) is 0 Å². The van der Waals surface area contributed by atoms with Crippen molar-refractivity contribution < 1.29 is 4.52 Å². The molecule has 21 heavy (non-hydrogen) atoms. The molecular formula is C14H22N6O. The molecule has 0 saturated carbocycles. The van der Waals surface area contributed by atoms with Gasteiger partial charge in [-0.3, -0.25) is 9.58 Å². The highest BCUT2D eigenvalue weighted by Crippen LogP contribution is 2.27. The van der Waals surface area contributed by atoms with Crippen molar-refractivity contribution in [2.75, 3.05) is 26.7 Å². The quantitative estimate of drug-likeness (QED) is 0.914. The van der Waals surface area contributed by atoms with Gasteiger partial charge >= 0.3 is 0 Å². The van der Waals surface area contributed by atoms with Gasteiger partial charge in [-0.25, -0.2) is 0 Å². The predicted octanol–water partition coefficient (Wildman–Crippen LogP) is 1.15. The Kier molecular flexibility index (Phi) is 3.77. The van der Waals surface area contributed by atoms with Gasteiger partial charge in [0.05, 0.1) is 17.3 Å². The van der Waals surface area contributed by atoms with Crippen LogP contribution in [-0.4, -0.2) is 51.5 Å². The van der Waals surface area contributed by atoms with Gasteiger partial charge in [-0.15, -0.1) is 0 Å². The maximum atomic E-state index is 5.50. The first-order chi connectivity index (χ1) is 10.1. The lowest BCUT2D eigenvalue weighted by atomic mass is 10.2. The molecule has 1 saturated heterocycles. The van der Waals surface area contributed by atoms with Crippen molar-refractivity contribution in [1.29, 1.82) is 0 Å². The number of nitrogens with zero attached hydrogens (tertiary/aromatic N) is 5. The highest BCUT2D eigenvalue weighted by molar-refractivity contribution is 5.59. The predicted molar refractivity (Wildman–Crippen MR) is 78.9 cm³/mol. The molecule has 1 unspecified atom stereocenters. The molecule has 2 aromatic rings. The zero-order valence-corrected chi connectivity index (χ0v) is 13.1. The molecular weight excluding hydrogens is 268 g/mol. The third-order valence-electron chi connectivity index (χ3n) is 4.15. The first-order valence-corrected chi connectivity index (χ1v) is 7.40. The van der Waals surface area contributed by atoms with Crippen molar-refractivity contribution in [2.45, 2.75) is 33.4 Å². The molecule has 0 radical (unpaired) electrons. The number of aryl methyl sites for hydroxylation is 2. The van der Waals surface area contributed by atoms with Crippen molar-refractivity contribution in [3.63, 3.8) is 0 Å².